The Morgan fingerprint density at radius 2 is 1.73 bits per heavy atom. The van der Waals surface area contributed by atoms with E-state index in [0.29, 0.717) is 0 Å². The molecule has 0 aromatic rings. The molecule has 15 heavy (non-hydrogen) atoms. The first-order chi connectivity index (χ1) is 6.99. The van der Waals surface area contributed by atoms with Gasteiger partial charge in [0.25, 0.3) is 0 Å². The molecule has 3 atom stereocenters. The molecule has 0 spiro atoms. The van der Waals surface area contributed by atoms with Gasteiger partial charge >= 0.3 is 0 Å². The molecule has 0 aromatic heterocycles. The zero-order valence-electron chi connectivity index (χ0n) is 11.2. The van der Waals surface area contributed by atoms with Gasteiger partial charge in [-0.05, 0) is 52.2 Å². The molecule has 0 bridgehead atoms. The van der Waals surface area contributed by atoms with Crippen LogP contribution in [-0.4, -0.2) is 49.6 Å². The van der Waals surface area contributed by atoms with Crippen LogP contribution in [0.3, 0.4) is 0 Å². The Labute approximate surface area is 95.6 Å². The second-order valence-corrected chi connectivity index (χ2v) is 5.84. The normalized spacial score (nSPS) is 30.8. The number of hydrogen-bond donors (Lipinski definition) is 0. The average molecular weight is 212 g/mol. The summed E-state index contributed by atoms with van der Waals surface area (Å²) in [6.07, 6.45) is 2.71. The van der Waals surface area contributed by atoms with Crippen LogP contribution in [-0.2, 0) is 0 Å². The van der Waals surface area contributed by atoms with Gasteiger partial charge in [-0.2, -0.15) is 0 Å². The lowest BCUT2D eigenvalue weighted by Crippen LogP contribution is -2.44. The van der Waals surface area contributed by atoms with E-state index >= 15 is 0 Å². The molecule has 3 unspecified atom stereocenters. The molecule has 1 aliphatic rings. The summed E-state index contributed by atoms with van der Waals surface area (Å²) < 4.78 is 0. The van der Waals surface area contributed by atoms with E-state index in [1.807, 2.05) is 0 Å². The second kappa shape index (κ2) is 5.86. The van der Waals surface area contributed by atoms with Crippen molar-refractivity contribution in [2.24, 2.45) is 11.8 Å². The van der Waals surface area contributed by atoms with Gasteiger partial charge in [-0.25, -0.2) is 0 Å². The zero-order chi connectivity index (χ0) is 11.4. The lowest BCUT2D eigenvalue weighted by atomic mass is 9.90. The maximum atomic E-state index is 2.68. The summed E-state index contributed by atoms with van der Waals surface area (Å²) in [6, 6.07) is 0.748. The molecule has 1 heterocycles. The van der Waals surface area contributed by atoms with E-state index in [0.717, 1.165) is 17.9 Å². The Morgan fingerprint density at radius 3 is 2.20 bits per heavy atom. The molecule has 0 aromatic carbocycles. The number of likely N-dealkylation sites (tertiary alicyclic amines) is 1. The molecule has 90 valence electrons. The third-order valence-corrected chi connectivity index (χ3v) is 3.51. The van der Waals surface area contributed by atoms with Gasteiger partial charge in [0.15, 0.2) is 0 Å². The van der Waals surface area contributed by atoms with Crippen molar-refractivity contribution in [3.8, 4) is 0 Å². The summed E-state index contributed by atoms with van der Waals surface area (Å²) in [7, 11) is 4.32. The van der Waals surface area contributed by atoms with E-state index in [-0.39, 0.29) is 0 Å². The van der Waals surface area contributed by atoms with Gasteiger partial charge in [-0.15, -0.1) is 0 Å². The number of rotatable bonds is 4. The molecule has 1 fully saturated rings. The SMILES string of the molecule is CC1CC(C)CN(C(C)CCN(C)C)C1. The highest BCUT2D eigenvalue weighted by Gasteiger charge is 2.24. The number of nitrogens with zero attached hydrogens (tertiary/aromatic N) is 2. The summed E-state index contributed by atoms with van der Waals surface area (Å²) in [5, 5.41) is 0. The van der Waals surface area contributed by atoms with Crippen molar-refractivity contribution in [1.29, 1.82) is 0 Å². The first kappa shape index (κ1) is 13.0. The van der Waals surface area contributed by atoms with E-state index < -0.39 is 0 Å². The van der Waals surface area contributed by atoms with Crippen LogP contribution in [0.1, 0.15) is 33.6 Å². The van der Waals surface area contributed by atoms with Crippen LogP contribution in [0.4, 0.5) is 0 Å². The number of hydrogen-bond acceptors (Lipinski definition) is 2. The van der Waals surface area contributed by atoms with Gasteiger partial charge in [0.05, 0.1) is 0 Å². The van der Waals surface area contributed by atoms with Crippen LogP contribution in [0.2, 0.25) is 0 Å². The van der Waals surface area contributed by atoms with E-state index in [4.69, 9.17) is 0 Å². The third kappa shape index (κ3) is 4.52. The zero-order valence-corrected chi connectivity index (χ0v) is 11.2. The van der Waals surface area contributed by atoms with Gasteiger partial charge in [-0.1, -0.05) is 13.8 Å². The monoisotopic (exact) mass is 212 g/mol. The Kier molecular flexibility index (Phi) is 5.07. The molecule has 2 nitrogen and oxygen atoms in total. The van der Waals surface area contributed by atoms with Crippen LogP contribution in [0.5, 0.6) is 0 Å². The molecule has 1 saturated heterocycles. The predicted octanol–water partition coefficient (Wildman–Crippen LogP) is 2.30. The first-order valence-corrected chi connectivity index (χ1v) is 6.37. The van der Waals surface area contributed by atoms with Crippen molar-refractivity contribution in [3.63, 3.8) is 0 Å². The van der Waals surface area contributed by atoms with Crippen molar-refractivity contribution in [2.75, 3.05) is 33.7 Å². The predicted molar refractivity (Wildman–Crippen MR) is 67.2 cm³/mol. The standard InChI is InChI=1S/C13H28N2/c1-11-8-12(2)10-15(9-11)13(3)6-7-14(4)5/h11-13H,6-10H2,1-5H3. The Bertz CT molecular complexity index is 169. The Balaban J connectivity index is 2.34. The quantitative estimate of drug-likeness (QED) is 0.705. The molecule has 0 amide bonds. The summed E-state index contributed by atoms with van der Waals surface area (Å²) in [5.41, 5.74) is 0. The molecular weight excluding hydrogens is 184 g/mol. The molecule has 0 N–H and O–H groups in total. The van der Waals surface area contributed by atoms with Crippen LogP contribution in [0.25, 0.3) is 0 Å². The fourth-order valence-electron chi connectivity index (χ4n) is 2.70. The van der Waals surface area contributed by atoms with Gasteiger partial charge in [0, 0.05) is 19.1 Å². The van der Waals surface area contributed by atoms with E-state index in [1.165, 1.54) is 32.5 Å². The molecule has 2 heteroatoms. The largest absolute Gasteiger partial charge is 0.309 e. The van der Waals surface area contributed by atoms with Crippen LogP contribution < -0.4 is 0 Å². The minimum absolute atomic E-state index is 0.748. The molecular formula is C13H28N2. The fraction of sp³-hybridized carbons (Fsp3) is 1.00. The van der Waals surface area contributed by atoms with Crippen molar-refractivity contribution in [3.05, 3.63) is 0 Å². The van der Waals surface area contributed by atoms with Crippen molar-refractivity contribution in [2.45, 2.75) is 39.7 Å². The summed E-state index contributed by atoms with van der Waals surface area (Å²) >= 11 is 0. The van der Waals surface area contributed by atoms with Gasteiger partial charge in [-0.3, -0.25) is 0 Å². The van der Waals surface area contributed by atoms with Gasteiger partial charge in [0.1, 0.15) is 0 Å². The maximum absolute atomic E-state index is 2.68. The first-order valence-electron chi connectivity index (χ1n) is 6.37. The molecule has 1 rings (SSSR count). The summed E-state index contributed by atoms with van der Waals surface area (Å²) in [6.45, 7) is 11.0. The van der Waals surface area contributed by atoms with Crippen molar-refractivity contribution >= 4 is 0 Å². The molecule has 1 aliphatic heterocycles. The topological polar surface area (TPSA) is 6.48 Å². The molecule has 0 saturated carbocycles. The van der Waals surface area contributed by atoms with Gasteiger partial charge < -0.3 is 9.80 Å². The Hall–Kier alpha value is -0.0800. The summed E-state index contributed by atoms with van der Waals surface area (Å²) in [4.78, 5) is 4.97. The highest BCUT2D eigenvalue weighted by Crippen LogP contribution is 2.23. The smallest absolute Gasteiger partial charge is 0.00793 e. The summed E-state index contributed by atoms with van der Waals surface area (Å²) in [5.74, 6) is 1.77. The average Bonchev–Trinajstić information content (AvgIpc) is 2.12. The van der Waals surface area contributed by atoms with Crippen LogP contribution >= 0.6 is 0 Å². The van der Waals surface area contributed by atoms with Crippen molar-refractivity contribution < 1.29 is 0 Å². The minimum atomic E-state index is 0.748. The third-order valence-electron chi connectivity index (χ3n) is 3.51. The van der Waals surface area contributed by atoms with Gasteiger partial charge in [0.2, 0.25) is 0 Å². The lowest BCUT2D eigenvalue weighted by Gasteiger charge is -2.39. The fourth-order valence-corrected chi connectivity index (χ4v) is 2.70. The van der Waals surface area contributed by atoms with E-state index in [2.05, 4.69) is 44.7 Å². The molecule has 0 radical (unpaired) electrons. The number of piperidine rings is 1. The maximum Gasteiger partial charge on any atom is 0.00793 e. The van der Waals surface area contributed by atoms with Crippen molar-refractivity contribution in [1.82, 2.24) is 9.80 Å². The van der Waals surface area contributed by atoms with Crippen LogP contribution in [0, 0.1) is 11.8 Å². The second-order valence-electron chi connectivity index (χ2n) is 5.84. The molecule has 0 aliphatic carbocycles. The highest BCUT2D eigenvalue weighted by molar-refractivity contribution is 4.78. The van der Waals surface area contributed by atoms with Crippen LogP contribution in [0.15, 0.2) is 0 Å². The Morgan fingerprint density at radius 1 is 1.20 bits per heavy atom. The highest BCUT2D eigenvalue weighted by atomic mass is 15.2. The lowest BCUT2D eigenvalue weighted by molar-refractivity contribution is 0.0949. The van der Waals surface area contributed by atoms with E-state index in [9.17, 15) is 0 Å². The van der Waals surface area contributed by atoms with E-state index in [1.54, 1.807) is 0 Å². The minimum Gasteiger partial charge on any atom is -0.309 e.